The van der Waals surface area contributed by atoms with Gasteiger partial charge in [-0.15, -0.1) is 12.4 Å². The topological polar surface area (TPSA) is 64.3 Å². The molecule has 1 aromatic carbocycles. The number of halogens is 1. The first-order chi connectivity index (χ1) is 10.6. The van der Waals surface area contributed by atoms with Gasteiger partial charge in [0.2, 0.25) is 5.91 Å². The molecule has 0 aromatic heterocycles. The second-order valence-corrected chi connectivity index (χ2v) is 7.60. The van der Waals surface area contributed by atoms with Gasteiger partial charge in [0.1, 0.15) is 5.75 Å². The van der Waals surface area contributed by atoms with Crippen LogP contribution in [0.25, 0.3) is 0 Å². The van der Waals surface area contributed by atoms with Gasteiger partial charge in [0.15, 0.2) is 0 Å². The molecule has 0 saturated heterocycles. The molecular formula is C19H33ClN2O2. The number of ether oxygens (including phenoxy) is 1. The molecule has 3 N–H and O–H groups in total. The van der Waals surface area contributed by atoms with E-state index in [4.69, 9.17) is 10.5 Å². The Hall–Kier alpha value is -1.26. The summed E-state index contributed by atoms with van der Waals surface area (Å²) in [7, 11) is 0. The van der Waals surface area contributed by atoms with Gasteiger partial charge in [0, 0.05) is 6.04 Å². The third kappa shape index (κ3) is 8.02. The molecule has 0 radical (unpaired) electrons. The van der Waals surface area contributed by atoms with Gasteiger partial charge in [-0.1, -0.05) is 32.9 Å². The molecule has 0 aliphatic carbocycles. The van der Waals surface area contributed by atoms with Gasteiger partial charge in [0.25, 0.3) is 0 Å². The van der Waals surface area contributed by atoms with Crippen molar-refractivity contribution in [1.82, 2.24) is 5.32 Å². The summed E-state index contributed by atoms with van der Waals surface area (Å²) in [4.78, 5) is 12.1. The standard InChI is InChI=1S/C19H32N2O2.ClH/c1-13(2)23-16-11-9-15(10-12-16)8-7-14(3)21-18(22)17(20)19(4,5)6;/h9-14,17H,7-8,20H2,1-6H3,(H,21,22);1H/t14?,17-;/m1./s1. The van der Waals surface area contributed by atoms with Crippen molar-refractivity contribution in [2.45, 2.75) is 72.6 Å². The van der Waals surface area contributed by atoms with Gasteiger partial charge in [0.05, 0.1) is 12.1 Å². The van der Waals surface area contributed by atoms with Crippen LogP contribution in [0.15, 0.2) is 24.3 Å². The number of hydrogen-bond acceptors (Lipinski definition) is 3. The number of benzene rings is 1. The van der Waals surface area contributed by atoms with E-state index in [1.807, 2.05) is 53.7 Å². The quantitative estimate of drug-likeness (QED) is 0.782. The number of carbonyl (C=O) groups excluding carboxylic acids is 1. The summed E-state index contributed by atoms with van der Waals surface area (Å²) in [5, 5.41) is 3.01. The van der Waals surface area contributed by atoms with Crippen molar-refractivity contribution in [1.29, 1.82) is 0 Å². The van der Waals surface area contributed by atoms with Gasteiger partial charge in [-0.3, -0.25) is 4.79 Å². The molecule has 0 spiro atoms. The van der Waals surface area contributed by atoms with Crippen molar-refractivity contribution in [3.05, 3.63) is 29.8 Å². The van der Waals surface area contributed by atoms with Crippen LogP contribution in [0, 0.1) is 5.41 Å². The molecule has 0 aliphatic rings. The smallest absolute Gasteiger partial charge is 0.237 e. The average Bonchev–Trinajstić information content (AvgIpc) is 2.44. The Morgan fingerprint density at radius 1 is 1.17 bits per heavy atom. The first kappa shape index (κ1) is 22.7. The van der Waals surface area contributed by atoms with Crippen LogP contribution in [-0.2, 0) is 11.2 Å². The molecule has 4 nitrogen and oxygen atoms in total. The molecule has 1 amide bonds. The van der Waals surface area contributed by atoms with Crippen molar-refractivity contribution in [2.24, 2.45) is 11.1 Å². The molecule has 138 valence electrons. The maximum atomic E-state index is 12.1. The van der Waals surface area contributed by atoms with Crippen molar-refractivity contribution < 1.29 is 9.53 Å². The predicted molar refractivity (Wildman–Crippen MR) is 103 cm³/mol. The summed E-state index contributed by atoms with van der Waals surface area (Å²) < 4.78 is 5.63. The lowest BCUT2D eigenvalue weighted by atomic mass is 9.87. The van der Waals surface area contributed by atoms with E-state index in [9.17, 15) is 4.79 Å². The summed E-state index contributed by atoms with van der Waals surface area (Å²) >= 11 is 0. The summed E-state index contributed by atoms with van der Waals surface area (Å²) in [5.74, 6) is 0.812. The van der Waals surface area contributed by atoms with E-state index >= 15 is 0 Å². The first-order valence-corrected chi connectivity index (χ1v) is 8.41. The third-order valence-corrected chi connectivity index (χ3v) is 3.77. The van der Waals surface area contributed by atoms with E-state index < -0.39 is 6.04 Å². The number of amides is 1. The highest BCUT2D eigenvalue weighted by Gasteiger charge is 2.27. The van der Waals surface area contributed by atoms with Gasteiger partial charge in [-0.05, 0) is 56.7 Å². The summed E-state index contributed by atoms with van der Waals surface area (Å²) in [6, 6.07) is 7.75. The van der Waals surface area contributed by atoms with Crippen LogP contribution in [0.2, 0.25) is 0 Å². The van der Waals surface area contributed by atoms with Gasteiger partial charge in [-0.2, -0.15) is 0 Å². The van der Waals surface area contributed by atoms with Crippen molar-refractivity contribution in [3.63, 3.8) is 0 Å². The highest BCUT2D eigenvalue weighted by molar-refractivity contribution is 5.85. The predicted octanol–water partition coefficient (Wildman–Crippen LogP) is 3.71. The van der Waals surface area contributed by atoms with Crippen LogP contribution < -0.4 is 15.8 Å². The first-order valence-electron chi connectivity index (χ1n) is 8.41. The average molecular weight is 357 g/mol. The number of nitrogens with two attached hydrogens (primary N) is 1. The maximum Gasteiger partial charge on any atom is 0.237 e. The molecular weight excluding hydrogens is 324 g/mol. The molecule has 2 atom stereocenters. The zero-order valence-electron chi connectivity index (χ0n) is 15.8. The molecule has 0 saturated carbocycles. The fourth-order valence-corrected chi connectivity index (χ4v) is 2.19. The number of hydrogen-bond donors (Lipinski definition) is 2. The highest BCUT2D eigenvalue weighted by Crippen LogP contribution is 2.18. The molecule has 0 fully saturated rings. The summed E-state index contributed by atoms with van der Waals surface area (Å²) in [5.41, 5.74) is 6.99. The Labute approximate surface area is 152 Å². The van der Waals surface area contributed by atoms with E-state index in [2.05, 4.69) is 17.4 Å². The van der Waals surface area contributed by atoms with Crippen LogP contribution in [0.1, 0.15) is 53.5 Å². The van der Waals surface area contributed by atoms with E-state index in [-0.39, 0.29) is 35.9 Å². The van der Waals surface area contributed by atoms with Crippen LogP contribution in [-0.4, -0.2) is 24.1 Å². The Morgan fingerprint density at radius 3 is 2.17 bits per heavy atom. The fourth-order valence-electron chi connectivity index (χ4n) is 2.19. The third-order valence-electron chi connectivity index (χ3n) is 3.77. The number of aryl methyl sites for hydroxylation is 1. The largest absolute Gasteiger partial charge is 0.491 e. The Morgan fingerprint density at radius 2 is 1.71 bits per heavy atom. The summed E-state index contributed by atoms with van der Waals surface area (Å²) in [6.45, 7) is 12.0. The molecule has 24 heavy (non-hydrogen) atoms. The Bertz CT molecular complexity index is 495. The lowest BCUT2D eigenvalue weighted by molar-refractivity contribution is -0.125. The van der Waals surface area contributed by atoms with E-state index in [1.54, 1.807) is 0 Å². The second-order valence-electron chi connectivity index (χ2n) is 7.60. The molecule has 1 aromatic rings. The minimum Gasteiger partial charge on any atom is -0.491 e. The van der Waals surface area contributed by atoms with E-state index in [0.717, 1.165) is 18.6 Å². The van der Waals surface area contributed by atoms with Crippen molar-refractivity contribution in [2.75, 3.05) is 0 Å². The van der Waals surface area contributed by atoms with Gasteiger partial charge < -0.3 is 15.8 Å². The van der Waals surface area contributed by atoms with Gasteiger partial charge in [-0.25, -0.2) is 0 Å². The number of rotatable bonds is 7. The summed E-state index contributed by atoms with van der Waals surface area (Å²) in [6.07, 6.45) is 1.98. The second kappa shape index (κ2) is 9.90. The zero-order chi connectivity index (χ0) is 17.6. The minimum absolute atomic E-state index is 0. The lowest BCUT2D eigenvalue weighted by Gasteiger charge is -2.27. The molecule has 1 rings (SSSR count). The SMILES string of the molecule is CC(CCc1ccc(OC(C)C)cc1)NC(=O)[C@@H](N)C(C)(C)C.Cl. The molecule has 5 heteroatoms. The fraction of sp³-hybridized carbons (Fsp3) is 0.632. The van der Waals surface area contributed by atoms with Crippen LogP contribution in [0.3, 0.4) is 0 Å². The van der Waals surface area contributed by atoms with Crippen molar-refractivity contribution in [3.8, 4) is 5.75 Å². The van der Waals surface area contributed by atoms with Crippen molar-refractivity contribution >= 4 is 18.3 Å². The Kier molecular flexibility index (Phi) is 9.38. The van der Waals surface area contributed by atoms with Gasteiger partial charge >= 0.3 is 0 Å². The van der Waals surface area contributed by atoms with Crippen LogP contribution >= 0.6 is 12.4 Å². The molecule has 0 bridgehead atoms. The molecule has 0 heterocycles. The molecule has 1 unspecified atom stereocenters. The van der Waals surface area contributed by atoms with Crippen LogP contribution in [0.5, 0.6) is 5.75 Å². The lowest BCUT2D eigenvalue weighted by Crippen LogP contribution is -2.50. The monoisotopic (exact) mass is 356 g/mol. The zero-order valence-corrected chi connectivity index (χ0v) is 16.6. The molecule has 0 aliphatic heterocycles. The van der Waals surface area contributed by atoms with E-state index in [1.165, 1.54) is 5.56 Å². The highest BCUT2D eigenvalue weighted by atomic mass is 35.5. The number of nitrogens with one attached hydrogen (secondary N) is 1. The number of carbonyl (C=O) groups is 1. The normalized spacial score (nSPS) is 13.8. The van der Waals surface area contributed by atoms with E-state index in [0.29, 0.717) is 0 Å². The van der Waals surface area contributed by atoms with Crippen LogP contribution in [0.4, 0.5) is 0 Å². The maximum absolute atomic E-state index is 12.1. The minimum atomic E-state index is -0.489. The Balaban J connectivity index is 0.00000529.